The molecule has 0 spiro atoms. The summed E-state index contributed by atoms with van der Waals surface area (Å²) in [6.45, 7) is 4.05. The van der Waals surface area contributed by atoms with Gasteiger partial charge in [0.15, 0.2) is 0 Å². The third-order valence-corrected chi connectivity index (χ3v) is 3.93. The topological polar surface area (TPSA) is 63.6 Å². The van der Waals surface area contributed by atoms with Crippen molar-refractivity contribution in [1.29, 1.82) is 0 Å². The molecule has 2 aromatic rings. The molecule has 2 unspecified atom stereocenters. The van der Waals surface area contributed by atoms with Gasteiger partial charge in [-0.2, -0.15) is 0 Å². The van der Waals surface area contributed by atoms with E-state index in [1.54, 1.807) is 0 Å². The van der Waals surface area contributed by atoms with Crippen molar-refractivity contribution in [3.63, 3.8) is 0 Å². The Morgan fingerprint density at radius 2 is 2.20 bits per heavy atom. The molecule has 20 heavy (non-hydrogen) atoms. The van der Waals surface area contributed by atoms with Crippen molar-refractivity contribution >= 4 is 11.6 Å². The fourth-order valence-electron chi connectivity index (χ4n) is 3.01. The standard InChI is InChI=1S/C15H20N4O/c1-10(2)19-14(20)7-6-11(16)15(19)12-9-18-8-4-3-5-13(18)17-12/h3-5,8-11,15H,6-7,16H2,1-2H3. The number of likely N-dealkylation sites (tertiary alicyclic amines) is 1. The Kier molecular flexibility index (Phi) is 3.22. The lowest BCUT2D eigenvalue weighted by molar-refractivity contribution is -0.139. The van der Waals surface area contributed by atoms with Crippen LogP contribution in [0.2, 0.25) is 0 Å². The zero-order valence-corrected chi connectivity index (χ0v) is 11.9. The highest BCUT2D eigenvalue weighted by molar-refractivity contribution is 5.78. The van der Waals surface area contributed by atoms with Crippen molar-refractivity contribution in [1.82, 2.24) is 14.3 Å². The number of piperidine rings is 1. The maximum atomic E-state index is 12.2. The molecule has 106 valence electrons. The van der Waals surface area contributed by atoms with E-state index in [-0.39, 0.29) is 24.0 Å². The summed E-state index contributed by atoms with van der Waals surface area (Å²) >= 11 is 0. The fourth-order valence-corrected chi connectivity index (χ4v) is 3.01. The van der Waals surface area contributed by atoms with E-state index in [2.05, 4.69) is 4.98 Å². The molecule has 1 saturated heterocycles. The number of hydrogen-bond acceptors (Lipinski definition) is 3. The summed E-state index contributed by atoms with van der Waals surface area (Å²) in [6, 6.07) is 5.82. The molecule has 3 rings (SSSR count). The molecule has 1 aliphatic heterocycles. The number of nitrogens with two attached hydrogens (primary N) is 1. The molecule has 2 N–H and O–H groups in total. The maximum absolute atomic E-state index is 12.2. The molecular formula is C15H20N4O. The number of rotatable bonds is 2. The predicted molar refractivity (Wildman–Crippen MR) is 77.1 cm³/mol. The first-order chi connectivity index (χ1) is 9.58. The van der Waals surface area contributed by atoms with Gasteiger partial charge in [-0.1, -0.05) is 6.07 Å². The second kappa shape index (κ2) is 4.90. The van der Waals surface area contributed by atoms with Gasteiger partial charge >= 0.3 is 0 Å². The Morgan fingerprint density at radius 1 is 1.40 bits per heavy atom. The molecular weight excluding hydrogens is 252 g/mol. The number of hydrogen-bond donors (Lipinski definition) is 1. The molecule has 1 amide bonds. The summed E-state index contributed by atoms with van der Waals surface area (Å²) < 4.78 is 1.97. The van der Waals surface area contributed by atoms with Crippen molar-refractivity contribution in [3.05, 3.63) is 36.3 Å². The van der Waals surface area contributed by atoms with E-state index in [0.29, 0.717) is 6.42 Å². The van der Waals surface area contributed by atoms with Crippen LogP contribution in [-0.4, -0.2) is 32.3 Å². The Morgan fingerprint density at radius 3 is 2.90 bits per heavy atom. The highest BCUT2D eigenvalue weighted by Gasteiger charge is 2.37. The van der Waals surface area contributed by atoms with E-state index in [9.17, 15) is 4.79 Å². The minimum atomic E-state index is -0.129. The Bertz CT molecular complexity index is 601. The first kappa shape index (κ1) is 13.1. The van der Waals surface area contributed by atoms with Gasteiger partial charge in [0.05, 0.1) is 11.7 Å². The maximum Gasteiger partial charge on any atom is 0.223 e. The van der Waals surface area contributed by atoms with Gasteiger partial charge in [-0.15, -0.1) is 0 Å². The van der Waals surface area contributed by atoms with Crippen LogP contribution >= 0.6 is 0 Å². The van der Waals surface area contributed by atoms with Crippen molar-refractivity contribution < 1.29 is 4.79 Å². The monoisotopic (exact) mass is 272 g/mol. The second-order valence-corrected chi connectivity index (χ2v) is 5.67. The number of pyridine rings is 1. The Hall–Kier alpha value is -1.88. The number of aromatic nitrogens is 2. The number of imidazole rings is 1. The SMILES string of the molecule is CC(C)N1C(=O)CCC(N)C1c1cn2ccccc2n1. The van der Waals surface area contributed by atoms with Gasteiger partial charge in [-0.05, 0) is 32.4 Å². The van der Waals surface area contributed by atoms with Crippen LogP contribution in [-0.2, 0) is 4.79 Å². The third-order valence-electron chi connectivity index (χ3n) is 3.93. The van der Waals surface area contributed by atoms with Crippen LogP contribution in [0.25, 0.3) is 5.65 Å². The summed E-state index contributed by atoms with van der Waals surface area (Å²) in [5, 5.41) is 0. The average Bonchev–Trinajstić information content (AvgIpc) is 2.83. The largest absolute Gasteiger partial charge is 0.330 e. The van der Waals surface area contributed by atoms with Crippen LogP contribution < -0.4 is 5.73 Å². The van der Waals surface area contributed by atoms with E-state index in [1.165, 1.54) is 0 Å². The number of carbonyl (C=O) groups is 1. The number of carbonyl (C=O) groups excluding carboxylic acids is 1. The van der Waals surface area contributed by atoms with Gasteiger partial charge in [0.2, 0.25) is 5.91 Å². The first-order valence-electron chi connectivity index (χ1n) is 7.08. The molecule has 0 bridgehead atoms. The third kappa shape index (κ3) is 2.08. The fraction of sp³-hybridized carbons (Fsp3) is 0.467. The molecule has 5 nitrogen and oxygen atoms in total. The first-order valence-corrected chi connectivity index (χ1v) is 7.08. The Balaban J connectivity index is 2.05. The lowest BCUT2D eigenvalue weighted by atomic mass is 9.93. The van der Waals surface area contributed by atoms with E-state index >= 15 is 0 Å². The normalized spacial score (nSPS) is 23.8. The lowest BCUT2D eigenvalue weighted by Crippen LogP contribution is -2.51. The van der Waals surface area contributed by atoms with Crippen LogP contribution in [0.5, 0.6) is 0 Å². The second-order valence-electron chi connectivity index (χ2n) is 5.67. The molecule has 1 aliphatic rings. The quantitative estimate of drug-likeness (QED) is 0.905. The molecule has 1 fully saturated rings. The van der Waals surface area contributed by atoms with Gasteiger partial charge in [0, 0.05) is 30.9 Å². The molecule has 2 atom stereocenters. The van der Waals surface area contributed by atoms with Crippen LogP contribution in [0.3, 0.4) is 0 Å². The molecule has 0 radical (unpaired) electrons. The molecule has 5 heteroatoms. The van der Waals surface area contributed by atoms with Crippen molar-refractivity contribution in [2.75, 3.05) is 0 Å². The predicted octanol–water partition coefficient (Wildman–Crippen LogP) is 1.73. The van der Waals surface area contributed by atoms with Crippen molar-refractivity contribution in [2.45, 2.75) is 44.8 Å². The molecule has 0 saturated carbocycles. The molecule has 0 aromatic carbocycles. The van der Waals surface area contributed by atoms with Crippen molar-refractivity contribution in [2.24, 2.45) is 5.73 Å². The van der Waals surface area contributed by atoms with Gasteiger partial charge in [0.1, 0.15) is 5.65 Å². The van der Waals surface area contributed by atoms with Gasteiger partial charge in [-0.3, -0.25) is 4.79 Å². The van der Waals surface area contributed by atoms with Crippen LogP contribution in [0.4, 0.5) is 0 Å². The Labute approximate surface area is 118 Å². The zero-order valence-electron chi connectivity index (χ0n) is 11.9. The van der Waals surface area contributed by atoms with Crippen LogP contribution in [0.15, 0.2) is 30.6 Å². The average molecular weight is 272 g/mol. The smallest absolute Gasteiger partial charge is 0.223 e. The summed E-state index contributed by atoms with van der Waals surface area (Å²) in [5.41, 5.74) is 8.05. The van der Waals surface area contributed by atoms with Gasteiger partial charge in [-0.25, -0.2) is 4.98 Å². The molecule has 3 heterocycles. The lowest BCUT2D eigenvalue weighted by Gasteiger charge is -2.41. The minimum absolute atomic E-state index is 0.0555. The summed E-state index contributed by atoms with van der Waals surface area (Å²) in [4.78, 5) is 18.7. The number of nitrogens with zero attached hydrogens (tertiary/aromatic N) is 3. The minimum Gasteiger partial charge on any atom is -0.330 e. The molecule has 0 aliphatic carbocycles. The highest BCUT2D eigenvalue weighted by atomic mass is 16.2. The van der Waals surface area contributed by atoms with Gasteiger partial charge in [0.25, 0.3) is 0 Å². The van der Waals surface area contributed by atoms with Gasteiger partial charge < -0.3 is 15.0 Å². The number of fused-ring (bicyclic) bond motifs is 1. The highest BCUT2D eigenvalue weighted by Crippen LogP contribution is 2.32. The van der Waals surface area contributed by atoms with E-state index < -0.39 is 0 Å². The summed E-state index contributed by atoms with van der Waals surface area (Å²) in [7, 11) is 0. The number of amides is 1. The van der Waals surface area contributed by atoms with E-state index in [0.717, 1.165) is 17.8 Å². The van der Waals surface area contributed by atoms with Crippen molar-refractivity contribution in [3.8, 4) is 0 Å². The zero-order chi connectivity index (χ0) is 14.3. The van der Waals surface area contributed by atoms with Crippen LogP contribution in [0.1, 0.15) is 38.4 Å². The summed E-state index contributed by atoms with van der Waals surface area (Å²) in [6.07, 6.45) is 5.19. The molecule has 2 aromatic heterocycles. The van der Waals surface area contributed by atoms with E-state index in [1.807, 2.05) is 53.7 Å². The summed E-state index contributed by atoms with van der Waals surface area (Å²) in [5.74, 6) is 0.170. The van der Waals surface area contributed by atoms with E-state index in [4.69, 9.17) is 5.73 Å². The van der Waals surface area contributed by atoms with Crippen LogP contribution in [0, 0.1) is 0 Å².